The number of para-hydroxylation sites is 1. The zero-order valence-electron chi connectivity index (χ0n) is 19.1. The molecule has 2 N–H and O–H groups in total. The lowest BCUT2D eigenvalue weighted by atomic mass is 9.86. The van der Waals surface area contributed by atoms with E-state index in [-0.39, 0.29) is 0 Å². The molecule has 0 spiro atoms. The Morgan fingerprint density at radius 3 is 2.59 bits per heavy atom. The molecule has 4 rings (SSSR count). The summed E-state index contributed by atoms with van der Waals surface area (Å²) in [6, 6.07) is 14.9. The Balaban J connectivity index is 1.29. The van der Waals surface area contributed by atoms with E-state index >= 15 is 0 Å². The topological polar surface area (TPSA) is 62.3 Å². The Bertz CT molecular complexity index is 1050. The van der Waals surface area contributed by atoms with Gasteiger partial charge in [0, 0.05) is 48.6 Å². The van der Waals surface area contributed by atoms with Crippen LogP contribution in [0.4, 0.5) is 11.8 Å². The summed E-state index contributed by atoms with van der Waals surface area (Å²) in [7, 11) is 5.78. The Labute approximate surface area is 198 Å². The van der Waals surface area contributed by atoms with E-state index in [0.717, 1.165) is 46.0 Å². The Hall–Kier alpha value is -2.38. The summed E-state index contributed by atoms with van der Waals surface area (Å²) in [5, 5.41) is 8.31. The van der Waals surface area contributed by atoms with Gasteiger partial charge in [-0.2, -0.15) is 4.98 Å². The monoisotopic (exact) mass is 497 g/mol. The van der Waals surface area contributed by atoms with Crippen molar-refractivity contribution in [2.24, 2.45) is 5.92 Å². The highest BCUT2D eigenvalue weighted by molar-refractivity contribution is 9.10. The van der Waals surface area contributed by atoms with Crippen molar-refractivity contribution in [3.63, 3.8) is 0 Å². The summed E-state index contributed by atoms with van der Waals surface area (Å²) in [5.74, 6) is 3.25. The normalized spacial score (nSPS) is 18.5. The van der Waals surface area contributed by atoms with E-state index in [9.17, 15) is 0 Å². The molecule has 1 heterocycles. The van der Waals surface area contributed by atoms with Crippen LogP contribution in [-0.2, 0) is 6.54 Å². The maximum atomic E-state index is 5.50. The number of methoxy groups -OCH3 is 1. The van der Waals surface area contributed by atoms with Crippen molar-refractivity contribution in [1.82, 2.24) is 15.3 Å². The SMILES string of the molecule is COc1ccc(Br)cc1CN[C@H]1CC[C@@H](CNc2nc(N(C)C)c3ccccc3n2)CC1. The van der Waals surface area contributed by atoms with Gasteiger partial charge in [0.25, 0.3) is 0 Å². The number of benzene rings is 2. The zero-order valence-corrected chi connectivity index (χ0v) is 20.7. The van der Waals surface area contributed by atoms with Crippen LogP contribution in [0.15, 0.2) is 46.9 Å². The Morgan fingerprint density at radius 2 is 1.84 bits per heavy atom. The molecule has 1 aliphatic rings. The molecule has 0 atom stereocenters. The zero-order chi connectivity index (χ0) is 22.5. The highest BCUT2D eigenvalue weighted by Crippen LogP contribution is 2.28. The Morgan fingerprint density at radius 1 is 1.06 bits per heavy atom. The molecule has 2 aromatic carbocycles. The third kappa shape index (κ3) is 5.51. The third-order valence-corrected chi connectivity index (χ3v) is 6.72. The molecule has 32 heavy (non-hydrogen) atoms. The molecule has 0 radical (unpaired) electrons. The van der Waals surface area contributed by atoms with Gasteiger partial charge in [0.1, 0.15) is 11.6 Å². The number of ether oxygens (including phenoxy) is 1. The number of anilines is 2. The predicted molar refractivity (Wildman–Crippen MR) is 136 cm³/mol. The average Bonchev–Trinajstić information content (AvgIpc) is 2.81. The van der Waals surface area contributed by atoms with Crippen LogP contribution < -0.4 is 20.3 Å². The lowest BCUT2D eigenvalue weighted by Crippen LogP contribution is -2.34. The molecular weight excluding hydrogens is 466 g/mol. The quantitative estimate of drug-likeness (QED) is 0.444. The van der Waals surface area contributed by atoms with Gasteiger partial charge in [0.2, 0.25) is 5.95 Å². The van der Waals surface area contributed by atoms with Crippen LogP contribution in [0.3, 0.4) is 0 Å². The maximum Gasteiger partial charge on any atom is 0.225 e. The van der Waals surface area contributed by atoms with Gasteiger partial charge in [-0.05, 0) is 61.9 Å². The lowest BCUT2D eigenvalue weighted by Gasteiger charge is -2.29. The largest absolute Gasteiger partial charge is 0.496 e. The minimum absolute atomic E-state index is 0.548. The number of nitrogens with zero attached hydrogens (tertiary/aromatic N) is 3. The van der Waals surface area contributed by atoms with Crippen LogP contribution in [0.5, 0.6) is 5.75 Å². The standard InChI is InChI=1S/C25H32BrN5O/c1-31(2)24-21-6-4-5-7-22(21)29-25(30-24)28-15-17-8-11-20(12-9-17)27-16-18-14-19(26)10-13-23(18)32-3/h4-7,10,13-14,17,20,27H,8-9,11-12,15-16H2,1-3H3,(H,28,29,30)/t17-,20+. The highest BCUT2D eigenvalue weighted by atomic mass is 79.9. The number of fused-ring (bicyclic) bond motifs is 1. The van der Waals surface area contributed by atoms with E-state index in [4.69, 9.17) is 14.7 Å². The third-order valence-electron chi connectivity index (χ3n) is 6.23. The molecule has 1 aromatic heterocycles. The number of halogens is 1. The number of aromatic nitrogens is 2. The van der Waals surface area contributed by atoms with Crippen molar-refractivity contribution in [1.29, 1.82) is 0 Å². The first kappa shape index (κ1) is 22.8. The summed E-state index contributed by atoms with van der Waals surface area (Å²) in [4.78, 5) is 11.5. The van der Waals surface area contributed by atoms with Crippen molar-refractivity contribution in [3.8, 4) is 5.75 Å². The summed E-state index contributed by atoms with van der Waals surface area (Å²) in [6.07, 6.45) is 4.77. The molecule has 0 unspecified atom stereocenters. The predicted octanol–water partition coefficient (Wildman–Crippen LogP) is 5.23. The van der Waals surface area contributed by atoms with E-state index in [2.05, 4.69) is 38.7 Å². The molecule has 1 aliphatic carbocycles. The summed E-state index contributed by atoms with van der Waals surface area (Å²) < 4.78 is 6.58. The van der Waals surface area contributed by atoms with Crippen LogP contribution >= 0.6 is 15.9 Å². The Kier molecular flexibility index (Phi) is 7.48. The van der Waals surface area contributed by atoms with E-state index in [1.54, 1.807) is 7.11 Å². The van der Waals surface area contributed by atoms with Gasteiger partial charge in [-0.15, -0.1) is 0 Å². The highest BCUT2D eigenvalue weighted by Gasteiger charge is 2.21. The fourth-order valence-corrected chi connectivity index (χ4v) is 4.83. The summed E-state index contributed by atoms with van der Waals surface area (Å²) in [6.45, 7) is 1.74. The molecule has 0 bridgehead atoms. The van der Waals surface area contributed by atoms with E-state index < -0.39 is 0 Å². The number of hydrogen-bond donors (Lipinski definition) is 2. The average molecular weight is 498 g/mol. The minimum atomic E-state index is 0.548. The van der Waals surface area contributed by atoms with Gasteiger partial charge < -0.3 is 20.3 Å². The van der Waals surface area contributed by atoms with Crippen molar-refractivity contribution in [2.75, 3.05) is 38.0 Å². The molecule has 1 saturated carbocycles. The molecule has 0 amide bonds. The molecule has 0 saturated heterocycles. The van der Waals surface area contributed by atoms with Gasteiger partial charge in [-0.1, -0.05) is 28.1 Å². The molecule has 7 heteroatoms. The molecular formula is C25H32BrN5O. The van der Waals surface area contributed by atoms with Crippen molar-refractivity contribution >= 4 is 38.6 Å². The second-order valence-electron chi connectivity index (χ2n) is 8.72. The summed E-state index contributed by atoms with van der Waals surface area (Å²) >= 11 is 3.56. The molecule has 1 fully saturated rings. The first-order chi connectivity index (χ1) is 15.5. The van der Waals surface area contributed by atoms with Crippen molar-refractivity contribution in [3.05, 3.63) is 52.5 Å². The van der Waals surface area contributed by atoms with Crippen LogP contribution in [-0.4, -0.2) is 43.8 Å². The lowest BCUT2D eigenvalue weighted by molar-refractivity contribution is 0.298. The van der Waals surface area contributed by atoms with Crippen molar-refractivity contribution < 1.29 is 4.74 Å². The van der Waals surface area contributed by atoms with Gasteiger partial charge >= 0.3 is 0 Å². The second kappa shape index (κ2) is 10.5. The van der Waals surface area contributed by atoms with E-state index in [1.165, 1.54) is 31.2 Å². The van der Waals surface area contributed by atoms with Crippen LogP contribution in [0.1, 0.15) is 31.2 Å². The first-order valence-electron chi connectivity index (χ1n) is 11.3. The molecule has 3 aromatic rings. The fourth-order valence-electron chi connectivity index (χ4n) is 4.43. The molecule has 0 aliphatic heterocycles. The second-order valence-corrected chi connectivity index (χ2v) is 9.63. The maximum absolute atomic E-state index is 5.50. The number of nitrogens with one attached hydrogen (secondary N) is 2. The summed E-state index contributed by atoms with van der Waals surface area (Å²) in [5.41, 5.74) is 2.17. The molecule has 6 nitrogen and oxygen atoms in total. The van der Waals surface area contributed by atoms with Crippen molar-refractivity contribution in [2.45, 2.75) is 38.3 Å². The van der Waals surface area contributed by atoms with Gasteiger partial charge in [0.05, 0.1) is 12.6 Å². The van der Waals surface area contributed by atoms with E-state index in [0.29, 0.717) is 12.0 Å². The minimum Gasteiger partial charge on any atom is -0.496 e. The van der Waals surface area contributed by atoms with Crippen LogP contribution in [0, 0.1) is 5.92 Å². The van der Waals surface area contributed by atoms with E-state index in [1.807, 2.05) is 49.3 Å². The first-order valence-corrected chi connectivity index (χ1v) is 12.1. The fraction of sp³-hybridized carbons (Fsp3) is 0.440. The van der Waals surface area contributed by atoms with Crippen LogP contribution in [0.25, 0.3) is 10.9 Å². The van der Waals surface area contributed by atoms with Gasteiger partial charge in [-0.3, -0.25) is 0 Å². The van der Waals surface area contributed by atoms with Crippen LogP contribution in [0.2, 0.25) is 0 Å². The van der Waals surface area contributed by atoms with Gasteiger partial charge in [0.15, 0.2) is 0 Å². The number of hydrogen-bond acceptors (Lipinski definition) is 6. The number of rotatable bonds is 8. The smallest absolute Gasteiger partial charge is 0.225 e. The molecule has 170 valence electrons. The van der Waals surface area contributed by atoms with Gasteiger partial charge in [-0.25, -0.2) is 4.98 Å².